The van der Waals surface area contributed by atoms with Crippen LogP contribution in [-0.4, -0.2) is 36.6 Å². The molecule has 0 saturated carbocycles. The Balaban J connectivity index is 2.33. The number of rotatable bonds is 6. The van der Waals surface area contributed by atoms with Crippen molar-refractivity contribution < 1.29 is 0 Å². The number of hydrogen-bond acceptors (Lipinski definition) is 2. The van der Waals surface area contributed by atoms with E-state index in [-0.39, 0.29) is 0 Å². The molecule has 0 spiro atoms. The zero-order chi connectivity index (χ0) is 10.4. The van der Waals surface area contributed by atoms with E-state index in [4.69, 9.17) is 0 Å². The van der Waals surface area contributed by atoms with Crippen molar-refractivity contribution in [2.45, 2.75) is 58.5 Å². The first-order chi connectivity index (χ1) is 6.79. The van der Waals surface area contributed by atoms with Gasteiger partial charge in [0.05, 0.1) is 0 Å². The summed E-state index contributed by atoms with van der Waals surface area (Å²) in [7, 11) is 0. The van der Waals surface area contributed by atoms with Crippen LogP contribution < -0.4 is 5.32 Å². The maximum Gasteiger partial charge on any atom is 0.0220 e. The number of nitrogens with one attached hydrogen (secondary N) is 1. The molecule has 0 amide bonds. The summed E-state index contributed by atoms with van der Waals surface area (Å²) in [5.74, 6) is 0. The molecule has 2 heteroatoms. The second-order valence-electron chi connectivity index (χ2n) is 4.45. The molecule has 1 rings (SSSR count). The Labute approximate surface area is 89.1 Å². The van der Waals surface area contributed by atoms with Gasteiger partial charge in [-0.25, -0.2) is 0 Å². The number of likely N-dealkylation sites (tertiary alicyclic amines) is 1. The van der Waals surface area contributed by atoms with E-state index in [9.17, 15) is 0 Å². The molecule has 0 aromatic carbocycles. The van der Waals surface area contributed by atoms with Crippen molar-refractivity contribution in [3.8, 4) is 0 Å². The lowest BCUT2D eigenvalue weighted by Crippen LogP contribution is -2.47. The normalized spacial score (nSPS) is 22.5. The van der Waals surface area contributed by atoms with Gasteiger partial charge in [-0.05, 0) is 52.2 Å². The molecule has 0 radical (unpaired) electrons. The summed E-state index contributed by atoms with van der Waals surface area (Å²) >= 11 is 0. The molecule has 0 aromatic heterocycles. The van der Waals surface area contributed by atoms with Crippen molar-refractivity contribution in [3.63, 3.8) is 0 Å². The highest BCUT2D eigenvalue weighted by atomic mass is 15.2. The van der Waals surface area contributed by atoms with Gasteiger partial charge in [-0.3, -0.25) is 4.90 Å². The molecule has 1 aliphatic rings. The third-order valence-corrected chi connectivity index (χ3v) is 3.40. The van der Waals surface area contributed by atoms with E-state index in [0.717, 1.165) is 6.54 Å². The van der Waals surface area contributed by atoms with Crippen molar-refractivity contribution >= 4 is 0 Å². The van der Waals surface area contributed by atoms with Crippen LogP contribution in [0.2, 0.25) is 0 Å². The maximum atomic E-state index is 3.65. The van der Waals surface area contributed by atoms with Crippen LogP contribution in [0.1, 0.15) is 46.5 Å². The Hall–Kier alpha value is -0.0800. The van der Waals surface area contributed by atoms with Crippen LogP contribution >= 0.6 is 0 Å². The van der Waals surface area contributed by atoms with E-state index in [1.54, 1.807) is 0 Å². The van der Waals surface area contributed by atoms with E-state index in [1.165, 1.54) is 38.8 Å². The monoisotopic (exact) mass is 198 g/mol. The zero-order valence-corrected chi connectivity index (χ0v) is 10.1. The summed E-state index contributed by atoms with van der Waals surface area (Å²) < 4.78 is 0. The summed E-state index contributed by atoms with van der Waals surface area (Å²) in [5.41, 5.74) is 0. The Morgan fingerprint density at radius 1 is 1.21 bits per heavy atom. The van der Waals surface area contributed by atoms with Gasteiger partial charge in [0.1, 0.15) is 0 Å². The molecular formula is C12H26N2. The van der Waals surface area contributed by atoms with Gasteiger partial charge in [-0.2, -0.15) is 0 Å². The van der Waals surface area contributed by atoms with Crippen LogP contribution in [0.3, 0.4) is 0 Å². The highest BCUT2D eigenvalue weighted by molar-refractivity contribution is 4.82. The number of hydrogen-bond donors (Lipinski definition) is 1. The SMILES string of the molecule is CCCNC(CC)C(C)N1CCCC1. The van der Waals surface area contributed by atoms with Gasteiger partial charge in [0.25, 0.3) is 0 Å². The predicted molar refractivity (Wildman–Crippen MR) is 62.6 cm³/mol. The zero-order valence-electron chi connectivity index (χ0n) is 10.1. The molecule has 1 aliphatic heterocycles. The van der Waals surface area contributed by atoms with Crippen LogP contribution in [0.5, 0.6) is 0 Å². The van der Waals surface area contributed by atoms with Crippen LogP contribution in [0, 0.1) is 0 Å². The highest BCUT2D eigenvalue weighted by Crippen LogP contribution is 2.15. The van der Waals surface area contributed by atoms with Crippen LogP contribution in [0.15, 0.2) is 0 Å². The fraction of sp³-hybridized carbons (Fsp3) is 1.00. The average Bonchev–Trinajstić information content (AvgIpc) is 2.71. The standard InChI is InChI=1S/C12H26N2/c1-4-8-13-12(5-2)11(3)14-9-6-7-10-14/h11-13H,4-10H2,1-3H3. The van der Waals surface area contributed by atoms with Crippen LogP contribution in [-0.2, 0) is 0 Å². The Morgan fingerprint density at radius 2 is 1.86 bits per heavy atom. The molecule has 1 fully saturated rings. The topological polar surface area (TPSA) is 15.3 Å². The van der Waals surface area contributed by atoms with Crippen LogP contribution in [0.4, 0.5) is 0 Å². The summed E-state index contributed by atoms with van der Waals surface area (Å²) in [6.45, 7) is 10.7. The summed E-state index contributed by atoms with van der Waals surface area (Å²) in [6.07, 6.45) is 5.28. The Kier molecular flexibility index (Phi) is 5.49. The molecule has 1 heterocycles. The second kappa shape index (κ2) is 6.41. The fourth-order valence-corrected chi connectivity index (χ4v) is 2.39. The lowest BCUT2D eigenvalue weighted by Gasteiger charge is -2.31. The molecule has 0 bridgehead atoms. The van der Waals surface area contributed by atoms with E-state index in [2.05, 4.69) is 31.0 Å². The van der Waals surface area contributed by atoms with Crippen molar-refractivity contribution in [2.24, 2.45) is 0 Å². The first kappa shape index (κ1) is 12.0. The van der Waals surface area contributed by atoms with Gasteiger partial charge in [0.2, 0.25) is 0 Å². The molecule has 1 saturated heterocycles. The molecule has 84 valence electrons. The minimum absolute atomic E-state index is 0.688. The Bertz CT molecular complexity index is 141. The van der Waals surface area contributed by atoms with E-state index >= 15 is 0 Å². The summed E-state index contributed by atoms with van der Waals surface area (Å²) in [5, 5.41) is 3.65. The van der Waals surface area contributed by atoms with Gasteiger partial charge in [-0.15, -0.1) is 0 Å². The lowest BCUT2D eigenvalue weighted by atomic mass is 10.1. The van der Waals surface area contributed by atoms with Crippen molar-refractivity contribution in [3.05, 3.63) is 0 Å². The highest BCUT2D eigenvalue weighted by Gasteiger charge is 2.23. The average molecular weight is 198 g/mol. The van der Waals surface area contributed by atoms with Crippen molar-refractivity contribution in [1.29, 1.82) is 0 Å². The third kappa shape index (κ3) is 3.25. The van der Waals surface area contributed by atoms with Crippen molar-refractivity contribution in [2.75, 3.05) is 19.6 Å². The quantitative estimate of drug-likeness (QED) is 0.704. The predicted octanol–water partition coefficient (Wildman–Crippen LogP) is 2.25. The molecule has 0 aromatic rings. The molecule has 0 aliphatic carbocycles. The Morgan fingerprint density at radius 3 is 2.36 bits per heavy atom. The first-order valence-electron chi connectivity index (χ1n) is 6.27. The van der Waals surface area contributed by atoms with Gasteiger partial charge in [0, 0.05) is 12.1 Å². The minimum atomic E-state index is 0.688. The van der Waals surface area contributed by atoms with Gasteiger partial charge < -0.3 is 5.32 Å². The molecule has 2 unspecified atom stereocenters. The fourth-order valence-electron chi connectivity index (χ4n) is 2.39. The minimum Gasteiger partial charge on any atom is -0.312 e. The smallest absolute Gasteiger partial charge is 0.0220 e. The van der Waals surface area contributed by atoms with E-state index in [1.807, 2.05) is 0 Å². The van der Waals surface area contributed by atoms with Gasteiger partial charge >= 0.3 is 0 Å². The molecule has 14 heavy (non-hydrogen) atoms. The van der Waals surface area contributed by atoms with Gasteiger partial charge in [-0.1, -0.05) is 13.8 Å². The largest absolute Gasteiger partial charge is 0.312 e. The first-order valence-corrected chi connectivity index (χ1v) is 6.27. The third-order valence-electron chi connectivity index (χ3n) is 3.40. The number of nitrogens with zero attached hydrogens (tertiary/aromatic N) is 1. The van der Waals surface area contributed by atoms with Crippen molar-refractivity contribution in [1.82, 2.24) is 10.2 Å². The second-order valence-corrected chi connectivity index (χ2v) is 4.45. The van der Waals surface area contributed by atoms with E-state index in [0.29, 0.717) is 12.1 Å². The van der Waals surface area contributed by atoms with E-state index < -0.39 is 0 Å². The maximum absolute atomic E-state index is 3.65. The molecule has 1 N–H and O–H groups in total. The lowest BCUT2D eigenvalue weighted by molar-refractivity contribution is 0.202. The summed E-state index contributed by atoms with van der Waals surface area (Å²) in [4.78, 5) is 2.64. The molecular weight excluding hydrogens is 172 g/mol. The molecule has 2 atom stereocenters. The summed E-state index contributed by atoms with van der Waals surface area (Å²) in [6, 6.07) is 1.40. The van der Waals surface area contributed by atoms with Gasteiger partial charge in [0.15, 0.2) is 0 Å². The van der Waals surface area contributed by atoms with Crippen LogP contribution in [0.25, 0.3) is 0 Å². The molecule has 2 nitrogen and oxygen atoms in total.